The first-order valence-corrected chi connectivity index (χ1v) is 10.3. The molecule has 0 atom stereocenters. The van der Waals surface area contributed by atoms with Crippen molar-refractivity contribution in [1.29, 1.82) is 0 Å². The van der Waals surface area contributed by atoms with Crippen LogP contribution in [0.4, 0.5) is 13.2 Å². The highest BCUT2D eigenvalue weighted by Crippen LogP contribution is 2.34. The Bertz CT molecular complexity index is 1280. The van der Waals surface area contributed by atoms with Gasteiger partial charge in [0.2, 0.25) is 0 Å². The number of carbonyl (C=O) groups is 1. The van der Waals surface area contributed by atoms with Crippen molar-refractivity contribution in [2.45, 2.75) is 25.6 Å². The minimum atomic E-state index is -4.38. The number of aliphatic carboxylic acids is 1. The van der Waals surface area contributed by atoms with E-state index in [9.17, 15) is 18.0 Å². The third-order valence-electron chi connectivity index (χ3n) is 5.30. The van der Waals surface area contributed by atoms with Crippen LogP contribution in [0.15, 0.2) is 79.1 Å². The molecule has 4 rings (SSSR count). The highest BCUT2D eigenvalue weighted by Gasteiger charge is 2.29. The Morgan fingerprint density at radius 1 is 0.909 bits per heavy atom. The van der Waals surface area contributed by atoms with E-state index in [1.807, 2.05) is 30.3 Å². The minimum absolute atomic E-state index is 0.00852. The molecule has 0 saturated carbocycles. The van der Waals surface area contributed by atoms with Crippen molar-refractivity contribution in [3.8, 4) is 16.9 Å². The van der Waals surface area contributed by atoms with Gasteiger partial charge >= 0.3 is 12.1 Å². The molecule has 0 bridgehead atoms. The summed E-state index contributed by atoms with van der Waals surface area (Å²) >= 11 is 0. The van der Waals surface area contributed by atoms with E-state index in [4.69, 9.17) is 9.84 Å². The number of hydrogen-bond donors (Lipinski definition) is 1. The zero-order chi connectivity index (χ0) is 23.4. The van der Waals surface area contributed by atoms with Crippen molar-refractivity contribution in [2.24, 2.45) is 0 Å². The molecule has 0 amide bonds. The van der Waals surface area contributed by atoms with Crippen LogP contribution in [0.1, 0.15) is 23.1 Å². The quantitative estimate of drug-likeness (QED) is 0.348. The second-order valence-electron chi connectivity index (χ2n) is 7.65. The summed E-state index contributed by atoms with van der Waals surface area (Å²) in [5.74, 6) is -0.320. The number of carboxylic acids is 1. The van der Waals surface area contributed by atoms with Gasteiger partial charge in [0.05, 0.1) is 5.56 Å². The van der Waals surface area contributed by atoms with E-state index >= 15 is 0 Å². The van der Waals surface area contributed by atoms with E-state index < -0.39 is 17.7 Å². The Hall–Kier alpha value is -3.87. The average molecular weight is 451 g/mol. The molecular weight excluding hydrogens is 431 g/mol. The lowest BCUT2D eigenvalue weighted by Gasteiger charge is -2.15. The second-order valence-corrected chi connectivity index (χ2v) is 7.65. The predicted molar refractivity (Wildman–Crippen MR) is 119 cm³/mol. The number of nitrogens with zero attached hydrogens (tertiary/aromatic N) is 1. The van der Waals surface area contributed by atoms with Crippen LogP contribution in [0.3, 0.4) is 0 Å². The van der Waals surface area contributed by atoms with Crippen molar-refractivity contribution < 1.29 is 27.8 Å². The SMILES string of the molecule is O=C(O)CCc1ccc(OCc2ccc(C(F)(F)F)cc2)c(-c2ccc3cnccc3c2)c1. The third-order valence-corrected chi connectivity index (χ3v) is 5.30. The van der Waals surface area contributed by atoms with Crippen molar-refractivity contribution in [2.75, 3.05) is 0 Å². The third kappa shape index (κ3) is 5.49. The highest BCUT2D eigenvalue weighted by atomic mass is 19.4. The lowest BCUT2D eigenvalue weighted by molar-refractivity contribution is -0.138. The van der Waals surface area contributed by atoms with E-state index in [2.05, 4.69) is 4.98 Å². The van der Waals surface area contributed by atoms with Crippen molar-refractivity contribution in [1.82, 2.24) is 4.98 Å². The summed E-state index contributed by atoms with van der Waals surface area (Å²) in [6.07, 6.45) is -0.528. The topological polar surface area (TPSA) is 59.4 Å². The first-order chi connectivity index (χ1) is 15.8. The maximum atomic E-state index is 12.8. The second kappa shape index (κ2) is 9.32. The van der Waals surface area contributed by atoms with Crippen LogP contribution >= 0.6 is 0 Å². The first-order valence-electron chi connectivity index (χ1n) is 10.3. The number of hydrogen-bond acceptors (Lipinski definition) is 3. The predicted octanol–water partition coefficient (Wildman–Crippen LogP) is 6.52. The summed E-state index contributed by atoms with van der Waals surface area (Å²) in [6, 6.07) is 18.1. The Labute approximate surface area is 188 Å². The number of benzene rings is 3. The van der Waals surface area contributed by atoms with E-state index in [1.165, 1.54) is 12.1 Å². The van der Waals surface area contributed by atoms with E-state index in [0.717, 1.165) is 39.6 Å². The van der Waals surface area contributed by atoms with Gasteiger partial charge in [-0.15, -0.1) is 0 Å². The Balaban J connectivity index is 1.64. The van der Waals surface area contributed by atoms with Crippen molar-refractivity contribution in [3.63, 3.8) is 0 Å². The number of rotatable bonds is 7. The molecule has 0 fully saturated rings. The van der Waals surface area contributed by atoms with E-state index in [0.29, 0.717) is 17.7 Å². The van der Waals surface area contributed by atoms with Crippen LogP contribution in [0.5, 0.6) is 5.75 Å². The summed E-state index contributed by atoms with van der Waals surface area (Å²) < 4.78 is 44.4. The van der Waals surface area contributed by atoms with Gasteiger partial charge in [-0.3, -0.25) is 9.78 Å². The Kier molecular flexibility index (Phi) is 6.31. The highest BCUT2D eigenvalue weighted by molar-refractivity contribution is 5.87. The van der Waals surface area contributed by atoms with Gasteiger partial charge in [0.25, 0.3) is 0 Å². The molecule has 4 aromatic rings. The Morgan fingerprint density at radius 2 is 1.67 bits per heavy atom. The molecule has 1 N–H and O–H groups in total. The van der Waals surface area contributed by atoms with Gasteiger partial charge in [-0.05, 0) is 64.9 Å². The summed E-state index contributed by atoms with van der Waals surface area (Å²) in [7, 11) is 0. The fourth-order valence-corrected chi connectivity index (χ4v) is 3.54. The zero-order valence-electron chi connectivity index (χ0n) is 17.5. The molecule has 7 heteroatoms. The smallest absolute Gasteiger partial charge is 0.416 e. The van der Waals surface area contributed by atoms with E-state index in [1.54, 1.807) is 24.5 Å². The number of ether oxygens (including phenoxy) is 1. The average Bonchev–Trinajstić information content (AvgIpc) is 2.81. The van der Waals surface area contributed by atoms with Crippen LogP contribution in [-0.4, -0.2) is 16.1 Å². The van der Waals surface area contributed by atoms with Gasteiger partial charge in [-0.2, -0.15) is 13.2 Å². The van der Waals surface area contributed by atoms with Crippen LogP contribution in [0.25, 0.3) is 21.9 Å². The molecule has 33 heavy (non-hydrogen) atoms. The van der Waals surface area contributed by atoms with Gasteiger partial charge in [-0.1, -0.05) is 30.3 Å². The molecule has 168 valence electrons. The molecule has 0 unspecified atom stereocenters. The van der Waals surface area contributed by atoms with Gasteiger partial charge in [-0.25, -0.2) is 0 Å². The van der Waals surface area contributed by atoms with Crippen LogP contribution < -0.4 is 4.74 Å². The molecule has 4 nitrogen and oxygen atoms in total. The van der Waals surface area contributed by atoms with Crippen molar-refractivity contribution in [3.05, 3.63) is 95.8 Å². The minimum Gasteiger partial charge on any atom is -0.488 e. The fourth-order valence-electron chi connectivity index (χ4n) is 3.54. The fraction of sp³-hybridized carbons (Fsp3) is 0.154. The number of fused-ring (bicyclic) bond motifs is 1. The molecule has 0 aliphatic heterocycles. The molecule has 3 aromatic carbocycles. The maximum absolute atomic E-state index is 12.8. The summed E-state index contributed by atoms with van der Waals surface area (Å²) in [5, 5.41) is 11.0. The number of halogens is 3. The van der Waals surface area contributed by atoms with Gasteiger partial charge in [0, 0.05) is 29.8 Å². The number of alkyl halides is 3. The lowest BCUT2D eigenvalue weighted by atomic mass is 9.98. The summed E-state index contributed by atoms with van der Waals surface area (Å²) in [4.78, 5) is 15.1. The van der Waals surface area contributed by atoms with Gasteiger partial charge in [0.1, 0.15) is 12.4 Å². The normalized spacial score (nSPS) is 11.5. The zero-order valence-corrected chi connectivity index (χ0v) is 17.5. The van der Waals surface area contributed by atoms with Crippen LogP contribution in [0.2, 0.25) is 0 Å². The molecule has 0 spiro atoms. The molecule has 1 heterocycles. The molecule has 0 saturated heterocycles. The lowest BCUT2D eigenvalue weighted by Crippen LogP contribution is -2.05. The standard InChI is InChI=1S/C26H20F3NO3/c27-26(28,29)22-7-1-18(2-8-22)16-33-24-9-3-17(4-10-25(31)32)13-23(24)20-5-6-21-15-30-12-11-19(21)14-20/h1-3,5-9,11-15H,4,10,16H2,(H,31,32). The summed E-state index contributed by atoms with van der Waals surface area (Å²) in [6.45, 7) is 0.0944. The number of pyridine rings is 1. The molecule has 0 aliphatic rings. The monoisotopic (exact) mass is 451 g/mol. The first kappa shape index (κ1) is 22.3. The van der Waals surface area contributed by atoms with Crippen LogP contribution in [-0.2, 0) is 24.0 Å². The van der Waals surface area contributed by atoms with Gasteiger partial charge in [0.15, 0.2) is 0 Å². The summed E-state index contributed by atoms with van der Waals surface area (Å²) in [5.41, 5.74) is 2.41. The molecule has 0 radical (unpaired) electrons. The van der Waals surface area contributed by atoms with Crippen LogP contribution in [0, 0.1) is 0 Å². The molecular formula is C26H20F3NO3. The maximum Gasteiger partial charge on any atom is 0.416 e. The Morgan fingerprint density at radius 3 is 2.39 bits per heavy atom. The van der Waals surface area contributed by atoms with Gasteiger partial charge < -0.3 is 9.84 Å². The number of aryl methyl sites for hydroxylation is 1. The van der Waals surface area contributed by atoms with Crippen molar-refractivity contribution >= 4 is 16.7 Å². The number of carboxylic acid groups (broad SMARTS) is 1. The largest absolute Gasteiger partial charge is 0.488 e. The number of aromatic nitrogens is 1. The van der Waals surface area contributed by atoms with E-state index in [-0.39, 0.29) is 13.0 Å². The molecule has 1 aromatic heterocycles. The molecule has 0 aliphatic carbocycles.